The predicted molar refractivity (Wildman–Crippen MR) is 148 cm³/mol. The van der Waals surface area contributed by atoms with Gasteiger partial charge in [0.1, 0.15) is 34.2 Å². The number of hydrogen-bond donors (Lipinski definition) is 1. The summed E-state index contributed by atoms with van der Waals surface area (Å²) in [4.78, 5) is 33.5. The van der Waals surface area contributed by atoms with Gasteiger partial charge in [-0.2, -0.15) is 5.26 Å². The minimum atomic E-state index is -0.374. The lowest BCUT2D eigenvalue weighted by molar-refractivity contribution is 0.0970. The number of fused-ring (bicyclic) bond motifs is 1. The molecule has 1 saturated heterocycles. The summed E-state index contributed by atoms with van der Waals surface area (Å²) in [6.45, 7) is 1.51. The van der Waals surface area contributed by atoms with Crippen LogP contribution in [0.15, 0.2) is 65.7 Å². The van der Waals surface area contributed by atoms with E-state index in [1.165, 1.54) is 18.0 Å². The fourth-order valence-corrected chi connectivity index (χ4v) is 4.96. The third kappa shape index (κ3) is 5.14. The topological polar surface area (TPSA) is 119 Å². The molecule has 0 radical (unpaired) electrons. The maximum atomic E-state index is 13.8. The minimum absolute atomic E-state index is 0. The zero-order chi connectivity index (χ0) is 25.9. The number of nitriles is 1. The van der Waals surface area contributed by atoms with Gasteiger partial charge in [-0.3, -0.25) is 14.2 Å². The molecule has 0 bridgehead atoms. The largest absolute Gasteiger partial charge is 0.497 e. The van der Waals surface area contributed by atoms with E-state index in [0.717, 1.165) is 24.9 Å². The second-order valence-corrected chi connectivity index (χ2v) is 9.26. The van der Waals surface area contributed by atoms with Crippen molar-refractivity contribution >= 4 is 35.0 Å². The van der Waals surface area contributed by atoms with Crippen LogP contribution >= 0.6 is 12.4 Å². The first-order valence-electron chi connectivity index (χ1n) is 12.2. The zero-order valence-corrected chi connectivity index (χ0v) is 21.9. The number of anilines is 1. The molecule has 196 valence electrons. The minimum Gasteiger partial charge on any atom is -0.497 e. The Morgan fingerprint density at radius 1 is 1.21 bits per heavy atom. The molecule has 2 aromatic heterocycles. The Morgan fingerprint density at radius 3 is 2.71 bits per heavy atom. The van der Waals surface area contributed by atoms with E-state index in [4.69, 9.17) is 10.5 Å². The SMILES string of the molecule is COc1cccc(C(=O)Cn2cnc3c(C#N)c(N4CCCC(N)C4)n(Cc4ccccc4)c3c2=O)c1.Cl. The molecule has 1 unspecified atom stereocenters. The number of halogens is 1. The molecule has 0 amide bonds. The van der Waals surface area contributed by atoms with Gasteiger partial charge in [-0.15, -0.1) is 12.4 Å². The lowest BCUT2D eigenvalue weighted by Crippen LogP contribution is -2.44. The number of methoxy groups -OCH3 is 1. The van der Waals surface area contributed by atoms with E-state index < -0.39 is 0 Å². The van der Waals surface area contributed by atoms with Crippen molar-refractivity contribution in [1.82, 2.24) is 14.1 Å². The normalized spacial score (nSPS) is 15.1. The van der Waals surface area contributed by atoms with E-state index in [9.17, 15) is 14.9 Å². The fraction of sp³-hybridized carbons (Fsp3) is 0.286. The van der Waals surface area contributed by atoms with Gasteiger partial charge >= 0.3 is 0 Å². The quantitative estimate of drug-likeness (QED) is 0.362. The molecule has 3 heterocycles. The van der Waals surface area contributed by atoms with E-state index in [1.807, 2.05) is 34.9 Å². The van der Waals surface area contributed by atoms with Gasteiger partial charge in [-0.25, -0.2) is 4.98 Å². The van der Waals surface area contributed by atoms with Crippen molar-refractivity contribution in [3.8, 4) is 11.8 Å². The molecule has 10 heteroatoms. The molecule has 0 saturated carbocycles. The molecule has 1 aliphatic rings. The third-order valence-electron chi connectivity index (χ3n) is 6.76. The van der Waals surface area contributed by atoms with Gasteiger partial charge in [-0.1, -0.05) is 42.5 Å². The van der Waals surface area contributed by atoms with E-state index in [1.54, 1.807) is 24.3 Å². The number of Topliss-reactive ketones (excluding diaryl/α,β-unsaturated/α-hetero) is 1. The Hall–Kier alpha value is -4.13. The van der Waals surface area contributed by atoms with Crippen LogP contribution in [0.25, 0.3) is 11.0 Å². The molecule has 9 nitrogen and oxygen atoms in total. The van der Waals surface area contributed by atoms with Gasteiger partial charge in [-0.05, 0) is 30.5 Å². The predicted octanol–water partition coefficient (Wildman–Crippen LogP) is 3.36. The first-order chi connectivity index (χ1) is 18.0. The molecule has 5 rings (SSSR count). The second kappa shape index (κ2) is 11.5. The van der Waals surface area contributed by atoms with Crippen molar-refractivity contribution in [1.29, 1.82) is 5.26 Å². The van der Waals surface area contributed by atoms with Crippen LogP contribution in [0, 0.1) is 11.3 Å². The molecular formula is C28H29ClN6O3. The van der Waals surface area contributed by atoms with Gasteiger partial charge in [0.15, 0.2) is 5.78 Å². The smallest absolute Gasteiger partial charge is 0.278 e. The molecule has 0 aliphatic carbocycles. The van der Waals surface area contributed by atoms with Crippen molar-refractivity contribution in [3.63, 3.8) is 0 Å². The van der Waals surface area contributed by atoms with Crippen LogP contribution in [0.1, 0.15) is 34.3 Å². The molecule has 2 N–H and O–H groups in total. The van der Waals surface area contributed by atoms with Gasteiger partial charge in [0.25, 0.3) is 5.56 Å². The van der Waals surface area contributed by atoms with Crippen LogP contribution in [0.3, 0.4) is 0 Å². The lowest BCUT2D eigenvalue weighted by atomic mass is 10.1. The van der Waals surface area contributed by atoms with E-state index in [-0.39, 0.29) is 36.3 Å². The standard InChI is InChI=1S/C28H28N6O3.ClH/c1-37-22-11-5-9-20(13-22)24(35)17-33-18-31-25-23(14-29)27(32-12-6-10-21(30)16-32)34(26(25)28(33)36)15-19-7-3-2-4-8-19;/h2-5,7-9,11,13,18,21H,6,10,12,15-17,30H2,1H3;1H. The maximum Gasteiger partial charge on any atom is 0.278 e. The summed E-state index contributed by atoms with van der Waals surface area (Å²) in [6, 6.07) is 18.8. The Balaban J connectivity index is 0.00000336. The number of carbonyl (C=O) groups is 1. The second-order valence-electron chi connectivity index (χ2n) is 9.26. The van der Waals surface area contributed by atoms with Crippen molar-refractivity contribution in [3.05, 3.63) is 88.0 Å². The number of piperidine rings is 1. The summed E-state index contributed by atoms with van der Waals surface area (Å²) in [5.74, 6) is 0.968. The highest BCUT2D eigenvalue weighted by atomic mass is 35.5. The summed E-state index contributed by atoms with van der Waals surface area (Å²) in [7, 11) is 1.53. The number of ketones is 1. The summed E-state index contributed by atoms with van der Waals surface area (Å²) in [5, 5.41) is 10.2. The summed E-state index contributed by atoms with van der Waals surface area (Å²) in [5.41, 5.74) is 8.30. The summed E-state index contributed by atoms with van der Waals surface area (Å²) < 4.78 is 8.39. The first kappa shape index (κ1) is 26.9. The highest BCUT2D eigenvalue weighted by Crippen LogP contribution is 2.32. The lowest BCUT2D eigenvalue weighted by Gasteiger charge is -2.33. The molecular weight excluding hydrogens is 504 g/mol. The molecule has 1 aliphatic heterocycles. The highest BCUT2D eigenvalue weighted by molar-refractivity contribution is 5.96. The van der Waals surface area contributed by atoms with E-state index in [0.29, 0.717) is 46.8 Å². The number of aromatic nitrogens is 3. The molecule has 1 fully saturated rings. The number of hydrogen-bond acceptors (Lipinski definition) is 7. The maximum absolute atomic E-state index is 13.8. The highest BCUT2D eigenvalue weighted by Gasteiger charge is 2.28. The number of nitrogens with two attached hydrogens (primary N) is 1. The van der Waals surface area contributed by atoms with Crippen molar-refractivity contribution < 1.29 is 9.53 Å². The monoisotopic (exact) mass is 532 g/mol. The van der Waals surface area contributed by atoms with E-state index in [2.05, 4.69) is 16.0 Å². The molecule has 4 aromatic rings. The van der Waals surface area contributed by atoms with Crippen molar-refractivity contribution in [2.24, 2.45) is 5.73 Å². The van der Waals surface area contributed by atoms with E-state index >= 15 is 0 Å². The Bertz CT molecular complexity index is 1560. The Labute approximate surface area is 226 Å². The number of rotatable bonds is 7. The van der Waals surface area contributed by atoms with Crippen molar-refractivity contribution in [2.45, 2.75) is 32.0 Å². The Kier molecular flexibility index (Phi) is 8.15. The Morgan fingerprint density at radius 2 is 2.00 bits per heavy atom. The number of ether oxygens (including phenoxy) is 1. The summed E-state index contributed by atoms with van der Waals surface area (Å²) in [6.07, 6.45) is 3.16. The van der Waals surface area contributed by atoms with Crippen LogP contribution in [0.4, 0.5) is 5.82 Å². The molecule has 0 spiro atoms. The van der Waals surface area contributed by atoms with Crippen LogP contribution in [0.2, 0.25) is 0 Å². The number of nitrogens with zero attached hydrogens (tertiary/aromatic N) is 5. The number of benzene rings is 2. The average molecular weight is 533 g/mol. The van der Waals surface area contributed by atoms with Crippen LogP contribution in [-0.2, 0) is 13.1 Å². The molecule has 38 heavy (non-hydrogen) atoms. The third-order valence-corrected chi connectivity index (χ3v) is 6.76. The van der Waals surface area contributed by atoms with Crippen LogP contribution < -0.4 is 20.9 Å². The van der Waals surface area contributed by atoms with Crippen molar-refractivity contribution in [2.75, 3.05) is 25.1 Å². The zero-order valence-electron chi connectivity index (χ0n) is 21.0. The summed E-state index contributed by atoms with van der Waals surface area (Å²) >= 11 is 0. The average Bonchev–Trinajstić information content (AvgIpc) is 3.24. The van der Waals surface area contributed by atoms with Gasteiger partial charge in [0.2, 0.25) is 0 Å². The van der Waals surface area contributed by atoms with Crippen LogP contribution in [-0.4, -0.2) is 46.1 Å². The molecule has 2 aromatic carbocycles. The fourth-order valence-electron chi connectivity index (χ4n) is 4.96. The molecule has 1 atom stereocenters. The van der Waals surface area contributed by atoms with Gasteiger partial charge in [0.05, 0.1) is 20.0 Å². The van der Waals surface area contributed by atoms with Crippen LogP contribution in [0.5, 0.6) is 5.75 Å². The van der Waals surface area contributed by atoms with Gasteiger partial charge < -0.3 is 19.9 Å². The number of carbonyl (C=O) groups excluding carboxylic acids is 1. The van der Waals surface area contributed by atoms with Gasteiger partial charge in [0, 0.05) is 31.2 Å². The first-order valence-corrected chi connectivity index (χ1v) is 12.2.